The molecule has 4 aromatic rings. The van der Waals surface area contributed by atoms with Crippen LogP contribution in [0.3, 0.4) is 0 Å². The van der Waals surface area contributed by atoms with Gasteiger partial charge in [0.25, 0.3) is 5.91 Å². The lowest BCUT2D eigenvalue weighted by molar-refractivity contribution is -0.0278. The molecule has 0 unspecified atom stereocenters. The molecular weight excluding hydrogens is 462 g/mol. The molecule has 1 aliphatic heterocycles. The number of amides is 1. The van der Waals surface area contributed by atoms with E-state index in [-0.39, 0.29) is 29.8 Å². The smallest absolute Gasteiger partial charge is 0.287 e. The van der Waals surface area contributed by atoms with Crippen molar-refractivity contribution in [2.24, 2.45) is 0 Å². The van der Waals surface area contributed by atoms with Crippen molar-refractivity contribution in [3.8, 4) is 0 Å². The lowest BCUT2D eigenvalue weighted by Crippen LogP contribution is -2.42. The van der Waals surface area contributed by atoms with E-state index in [2.05, 4.69) is 10.2 Å². The molecule has 5 nitrogen and oxygen atoms in total. The number of fused-ring (bicyclic) bond motifs is 1. The molecule has 1 aromatic heterocycles. The van der Waals surface area contributed by atoms with Crippen molar-refractivity contribution in [3.05, 3.63) is 107 Å². The Morgan fingerprint density at radius 3 is 2.31 bits per heavy atom. The van der Waals surface area contributed by atoms with Gasteiger partial charge in [-0.25, -0.2) is 8.78 Å². The average Bonchev–Trinajstić information content (AvgIpc) is 3.32. The van der Waals surface area contributed by atoms with Gasteiger partial charge in [-0.2, -0.15) is 0 Å². The number of nitrogens with zero attached hydrogens (tertiary/aromatic N) is 1. The summed E-state index contributed by atoms with van der Waals surface area (Å²) >= 11 is 0. The standard InChI is InChI=1S/C29H28F2N2O3/c30-24-7-3-1-5-20(24)11-14-32-28(34)27-18-22-17-23(9-10-26(22)36-27)29(35)12-15-33(16-13-29)19-21-6-2-4-8-25(21)31/h1-10,17-18,35H,11-16,19H2,(H,32,34). The maximum Gasteiger partial charge on any atom is 0.287 e. The number of carbonyl (C=O) groups excluding carboxylic acids is 1. The molecule has 1 saturated heterocycles. The van der Waals surface area contributed by atoms with Gasteiger partial charge in [-0.3, -0.25) is 9.69 Å². The number of furan rings is 1. The fourth-order valence-corrected chi connectivity index (χ4v) is 4.78. The van der Waals surface area contributed by atoms with Crippen molar-refractivity contribution in [2.45, 2.75) is 31.4 Å². The number of nitrogens with one attached hydrogen (secondary N) is 1. The van der Waals surface area contributed by atoms with Gasteiger partial charge < -0.3 is 14.8 Å². The molecule has 2 N–H and O–H groups in total. The minimum Gasteiger partial charge on any atom is -0.451 e. The first-order valence-corrected chi connectivity index (χ1v) is 12.2. The fraction of sp³-hybridized carbons (Fsp3) is 0.276. The molecule has 0 bridgehead atoms. The molecule has 0 saturated carbocycles. The summed E-state index contributed by atoms with van der Waals surface area (Å²) in [7, 11) is 0. The maximum atomic E-state index is 14.0. The first-order chi connectivity index (χ1) is 17.4. The number of halogens is 2. The number of likely N-dealkylation sites (tertiary alicyclic amines) is 1. The van der Waals surface area contributed by atoms with Crippen LogP contribution in [0.1, 0.15) is 40.1 Å². The Morgan fingerprint density at radius 1 is 0.944 bits per heavy atom. The molecule has 2 heterocycles. The Morgan fingerprint density at radius 2 is 1.61 bits per heavy atom. The van der Waals surface area contributed by atoms with Crippen molar-refractivity contribution in [1.82, 2.24) is 10.2 Å². The van der Waals surface area contributed by atoms with Crippen LogP contribution in [0.4, 0.5) is 8.78 Å². The van der Waals surface area contributed by atoms with Gasteiger partial charge in [0.2, 0.25) is 0 Å². The third kappa shape index (κ3) is 5.17. The van der Waals surface area contributed by atoms with Crippen LogP contribution in [0.2, 0.25) is 0 Å². The summed E-state index contributed by atoms with van der Waals surface area (Å²) in [6.45, 7) is 2.08. The third-order valence-corrected chi connectivity index (χ3v) is 6.95. The number of hydrogen-bond donors (Lipinski definition) is 2. The molecule has 0 radical (unpaired) electrons. The Hall–Kier alpha value is -3.55. The van der Waals surface area contributed by atoms with Crippen LogP contribution in [0, 0.1) is 11.6 Å². The molecule has 7 heteroatoms. The second-order valence-corrected chi connectivity index (χ2v) is 9.36. The molecular formula is C29H28F2N2O3. The largest absolute Gasteiger partial charge is 0.451 e. The summed E-state index contributed by atoms with van der Waals surface area (Å²) in [6.07, 6.45) is 1.42. The van der Waals surface area contributed by atoms with Gasteiger partial charge in [0.15, 0.2) is 5.76 Å². The van der Waals surface area contributed by atoms with Gasteiger partial charge in [-0.1, -0.05) is 42.5 Å². The first-order valence-electron chi connectivity index (χ1n) is 12.2. The zero-order valence-corrected chi connectivity index (χ0v) is 19.8. The summed E-state index contributed by atoms with van der Waals surface area (Å²) in [6, 6.07) is 20.4. The van der Waals surface area contributed by atoms with Crippen LogP contribution in [0.15, 0.2) is 77.2 Å². The Bertz CT molecular complexity index is 1380. The van der Waals surface area contributed by atoms with Gasteiger partial charge in [0.05, 0.1) is 5.60 Å². The fourth-order valence-electron chi connectivity index (χ4n) is 4.78. The molecule has 0 atom stereocenters. The van der Waals surface area contributed by atoms with Crippen LogP contribution in [0.5, 0.6) is 0 Å². The van der Waals surface area contributed by atoms with Crippen LogP contribution in [-0.4, -0.2) is 35.5 Å². The maximum absolute atomic E-state index is 14.0. The van der Waals surface area contributed by atoms with Crippen molar-refractivity contribution < 1.29 is 23.1 Å². The van der Waals surface area contributed by atoms with Gasteiger partial charge in [-0.05, 0) is 60.7 Å². The average molecular weight is 491 g/mol. The predicted molar refractivity (Wildman–Crippen MR) is 133 cm³/mol. The second kappa shape index (κ2) is 10.2. The topological polar surface area (TPSA) is 65.7 Å². The zero-order chi connectivity index (χ0) is 25.1. The van der Waals surface area contributed by atoms with Crippen molar-refractivity contribution in [2.75, 3.05) is 19.6 Å². The van der Waals surface area contributed by atoms with E-state index in [1.54, 1.807) is 42.5 Å². The number of benzene rings is 3. The van der Waals surface area contributed by atoms with Gasteiger partial charge >= 0.3 is 0 Å². The Kier molecular flexibility index (Phi) is 6.85. The molecule has 1 aliphatic rings. The van der Waals surface area contributed by atoms with E-state index in [0.29, 0.717) is 55.6 Å². The summed E-state index contributed by atoms with van der Waals surface area (Å²) in [4.78, 5) is 14.7. The molecule has 1 fully saturated rings. The zero-order valence-electron chi connectivity index (χ0n) is 19.8. The highest BCUT2D eigenvalue weighted by Crippen LogP contribution is 2.35. The quantitative estimate of drug-likeness (QED) is 0.375. The SMILES string of the molecule is O=C(NCCc1ccccc1F)c1cc2cc(C3(O)CCN(Cc4ccccc4F)CC3)ccc2o1. The first kappa shape index (κ1) is 24.2. The molecule has 3 aromatic carbocycles. The van der Waals surface area contributed by atoms with Crippen molar-refractivity contribution >= 4 is 16.9 Å². The molecule has 5 rings (SSSR count). The van der Waals surface area contributed by atoms with E-state index in [0.717, 1.165) is 10.9 Å². The minimum atomic E-state index is -1.00. The van der Waals surface area contributed by atoms with E-state index in [1.807, 2.05) is 18.2 Å². The normalized spacial score (nSPS) is 15.8. The lowest BCUT2D eigenvalue weighted by Gasteiger charge is -2.38. The molecule has 186 valence electrons. The highest BCUT2D eigenvalue weighted by atomic mass is 19.1. The number of aliphatic hydroxyl groups is 1. The highest BCUT2D eigenvalue weighted by molar-refractivity contribution is 5.96. The van der Waals surface area contributed by atoms with E-state index in [4.69, 9.17) is 4.42 Å². The highest BCUT2D eigenvalue weighted by Gasteiger charge is 2.34. The summed E-state index contributed by atoms with van der Waals surface area (Å²) < 4.78 is 33.5. The third-order valence-electron chi connectivity index (χ3n) is 6.95. The number of carbonyl (C=O) groups is 1. The van der Waals surface area contributed by atoms with E-state index in [1.165, 1.54) is 12.1 Å². The summed E-state index contributed by atoms with van der Waals surface area (Å²) in [5.41, 5.74) is 1.52. The summed E-state index contributed by atoms with van der Waals surface area (Å²) in [5, 5.41) is 14.9. The van der Waals surface area contributed by atoms with Crippen LogP contribution in [0.25, 0.3) is 11.0 Å². The number of rotatable bonds is 7. The van der Waals surface area contributed by atoms with E-state index in [9.17, 15) is 18.7 Å². The second-order valence-electron chi connectivity index (χ2n) is 9.36. The molecule has 0 spiro atoms. The molecule has 1 amide bonds. The van der Waals surface area contributed by atoms with Crippen molar-refractivity contribution in [1.29, 1.82) is 0 Å². The van der Waals surface area contributed by atoms with Gasteiger partial charge in [-0.15, -0.1) is 0 Å². The van der Waals surface area contributed by atoms with E-state index < -0.39 is 5.60 Å². The van der Waals surface area contributed by atoms with E-state index >= 15 is 0 Å². The van der Waals surface area contributed by atoms with Gasteiger partial charge in [0.1, 0.15) is 17.2 Å². The minimum absolute atomic E-state index is 0.169. The lowest BCUT2D eigenvalue weighted by atomic mass is 9.84. The summed E-state index contributed by atoms with van der Waals surface area (Å²) in [5.74, 6) is -0.707. The van der Waals surface area contributed by atoms with Crippen LogP contribution in [-0.2, 0) is 18.6 Å². The number of hydrogen-bond acceptors (Lipinski definition) is 4. The number of piperidine rings is 1. The van der Waals surface area contributed by atoms with Crippen LogP contribution < -0.4 is 5.32 Å². The van der Waals surface area contributed by atoms with Gasteiger partial charge in [0, 0.05) is 37.1 Å². The van der Waals surface area contributed by atoms with Crippen molar-refractivity contribution in [3.63, 3.8) is 0 Å². The van der Waals surface area contributed by atoms with Crippen LogP contribution >= 0.6 is 0 Å². The predicted octanol–water partition coefficient (Wildman–Crippen LogP) is 5.17. The Balaban J connectivity index is 1.21. The molecule has 0 aliphatic carbocycles. The monoisotopic (exact) mass is 490 g/mol. The Labute approximate surface area is 208 Å². The molecule has 36 heavy (non-hydrogen) atoms.